The van der Waals surface area contributed by atoms with E-state index in [4.69, 9.17) is 10.8 Å². The van der Waals surface area contributed by atoms with Crippen LogP contribution in [0.25, 0.3) is 16.6 Å². The molecule has 6 heteroatoms. The molecule has 3 rings (SSSR count). The molecule has 0 aliphatic carbocycles. The molecule has 0 amide bonds. The minimum atomic E-state index is -0.964. The van der Waals surface area contributed by atoms with Gasteiger partial charge >= 0.3 is 5.97 Å². The summed E-state index contributed by atoms with van der Waals surface area (Å²) in [5, 5.41) is 14.0. The number of nitrogens with two attached hydrogens (primary N) is 1. The molecule has 0 radical (unpaired) electrons. The monoisotopic (exact) mass is 254 g/mol. The van der Waals surface area contributed by atoms with Crippen molar-refractivity contribution in [3.05, 3.63) is 48.3 Å². The number of pyridine rings is 1. The van der Waals surface area contributed by atoms with Crippen LogP contribution < -0.4 is 5.73 Å². The molecule has 2 aromatic heterocycles. The van der Waals surface area contributed by atoms with Crippen molar-refractivity contribution in [1.82, 2.24) is 14.8 Å². The predicted molar refractivity (Wildman–Crippen MR) is 70.2 cm³/mol. The number of anilines is 1. The Morgan fingerprint density at radius 3 is 2.58 bits per heavy atom. The van der Waals surface area contributed by atoms with Gasteiger partial charge in [-0.1, -0.05) is 0 Å². The molecular formula is C13H10N4O2. The van der Waals surface area contributed by atoms with Crippen LogP contribution in [-0.4, -0.2) is 25.8 Å². The van der Waals surface area contributed by atoms with E-state index in [1.165, 1.54) is 12.1 Å². The number of hydrogen-bond donors (Lipinski definition) is 2. The predicted octanol–water partition coefficient (Wildman–Crippen LogP) is 1.70. The molecule has 1 aromatic carbocycles. The second-order valence-electron chi connectivity index (χ2n) is 4.04. The van der Waals surface area contributed by atoms with Gasteiger partial charge in [-0.2, -0.15) is 5.10 Å². The van der Waals surface area contributed by atoms with Gasteiger partial charge in [-0.25, -0.2) is 9.48 Å². The first-order valence-electron chi connectivity index (χ1n) is 5.59. The van der Waals surface area contributed by atoms with Gasteiger partial charge in [0.25, 0.3) is 0 Å². The van der Waals surface area contributed by atoms with Gasteiger partial charge in [0.05, 0.1) is 22.2 Å². The lowest BCUT2D eigenvalue weighted by molar-refractivity contribution is 0.0697. The Morgan fingerprint density at radius 1 is 1.21 bits per heavy atom. The zero-order valence-electron chi connectivity index (χ0n) is 9.82. The highest BCUT2D eigenvalue weighted by Crippen LogP contribution is 2.22. The SMILES string of the molecule is Nc1c2cnccc2nn1-c1ccc(C(=O)O)cc1. The first-order chi connectivity index (χ1) is 9.16. The molecule has 0 atom stereocenters. The highest BCUT2D eigenvalue weighted by atomic mass is 16.4. The third-order valence-corrected chi connectivity index (χ3v) is 2.87. The zero-order valence-corrected chi connectivity index (χ0v) is 9.82. The summed E-state index contributed by atoms with van der Waals surface area (Å²) in [7, 11) is 0. The van der Waals surface area contributed by atoms with E-state index in [1.807, 2.05) is 0 Å². The van der Waals surface area contributed by atoms with Gasteiger partial charge in [0.15, 0.2) is 0 Å². The number of nitrogen functional groups attached to an aromatic ring is 1. The van der Waals surface area contributed by atoms with Crippen LogP contribution in [0.2, 0.25) is 0 Å². The fraction of sp³-hybridized carbons (Fsp3) is 0. The average molecular weight is 254 g/mol. The van der Waals surface area contributed by atoms with E-state index in [2.05, 4.69) is 10.1 Å². The normalized spacial score (nSPS) is 10.7. The number of carbonyl (C=O) groups is 1. The Bertz CT molecular complexity index is 762. The minimum Gasteiger partial charge on any atom is -0.478 e. The molecule has 0 bridgehead atoms. The molecule has 19 heavy (non-hydrogen) atoms. The van der Waals surface area contributed by atoms with Crippen molar-refractivity contribution in [2.24, 2.45) is 0 Å². The van der Waals surface area contributed by atoms with Crippen LogP contribution in [0.3, 0.4) is 0 Å². The van der Waals surface area contributed by atoms with Crippen molar-refractivity contribution in [3.63, 3.8) is 0 Å². The summed E-state index contributed by atoms with van der Waals surface area (Å²) in [6.45, 7) is 0. The number of hydrogen-bond acceptors (Lipinski definition) is 4. The first kappa shape index (κ1) is 11.2. The van der Waals surface area contributed by atoms with Crippen LogP contribution >= 0.6 is 0 Å². The van der Waals surface area contributed by atoms with Crippen molar-refractivity contribution in [2.75, 3.05) is 5.73 Å². The largest absolute Gasteiger partial charge is 0.478 e. The summed E-state index contributed by atoms with van der Waals surface area (Å²) in [5.41, 5.74) is 7.69. The molecule has 0 fully saturated rings. The molecule has 2 heterocycles. The number of aromatic nitrogens is 3. The molecule has 0 unspecified atom stereocenters. The van der Waals surface area contributed by atoms with E-state index in [9.17, 15) is 4.79 Å². The molecule has 3 aromatic rings. The second kappa shape index (κ2) is 4.09. The summed E-state index contributed by atoms with van der Waals surface area (Å²) in [6, 6.07) is 8.13. The quantitative estimate of drug-likeness (QED) is 0.725. The molecule has 6 nitrogen and oxygen atoms in total. The molecule has 0 aliphatic rings. The van der Waals surface area contributed by atoms with Crippen molar-refractivity contribution in [2.45, 2.75) is 0 Å². The third kappa shape index (κ3) is 1.79. The third-order valence-electron chi connectivity index (χ3n) is 2.87. The lowest BCUT2D eigenvalue weighted by atomic mass is 10.2. The van der Waals surface area contributed by atoms with Gasteiger partial charge in [0, 0.05) is 12.4 Å². The lowest BCUT2D eigenvalue weighted by Crippen LogP contribution is -2.03. The van der Waals surface area contributed by atoms with Gasteiger partial charge in [-0.05, 0) is 30.3 Å². The number of nitrogens with zero attached hydrogens (tertiary/aromatic N) is 3. The average Bonchev–Trinajstić information content (AvgIpc) is 2.77. The highest BCUT2D eigenvalue weighted by Gasteiger charge is 2.10. The van der Waals surface area contributed by atoms with Gasteiger partial charge in [0.1, 0.15) is 5.82 Å². The van der Waals surface area contributed by atoms with Gasteiger partial charge < -0.3 is 10.8 Å². The molecule has 0 saturated heterocycles. The Labute approximate surface area is 108 Å². The fourth-order valence-corrected chi connectivity index (χ4v) is 1.89. The number of carboxylic acids is 1. The maximum absolute atomic E-state index is 10.8. The molecule has 94 valence electrons. The minimum absolute atomic E-state index is 0.223. The van der Waals surface area contributed by atoms with Crippen molar-refractivity contribution in [3.8, 4) is 5.69 Å². The number of fused-ring (bicyclic) bond motifs is 1. The molecule has 0 spiro atoms. The maximum Gasteiger partial charge on any atom is 0.335 e. The maximum atomic E-state index is 10.8. The van der Waals surface area contributed by atoms with Crippen LogP contribution in [0.4, 0.5) is 5.82 Å². The van der Waals surface area contributed by atoms with E-state index in [1.54, 1.807) is 35.3 Å². The van der Waals surface area contributed by atoms with Crippen molar-refractivity contribution >= 4 is 22.7 Å². The second-order valence-corrected chi connectivity index (χ2v) is 4.04. The Kier molecular flexibility index (Phi) is 2.42. The van der Waals surface area contributed by atoms with Crippen LogP contribution in [0, 0.1) is 0 Å². The van der Waals surface area contributed by atoms with Crippen LogP contribution in [-0.2, 0) is 0 Å². The Morgan fingerprint density at radius 2 is 1.95 bits per heavy atom. The summed E-state index contributed by atoms with van der Waals surface area (Å²) in [6.07, 6.45) is 3.30. The van der Waals surface area contributed by atoms with E-state index in [-0.39, 0.29) is 5.56 Å². The fourth-order valence-electron chi connectivity index (χ4n) is 1.89. The molecule has 3 N–H and O–H groups in total. The van der Waals surface area contributed by atoms with Gasteiger partial charge in [-0.15, -0.1) is 0 Å². The molecular weight excluding hydrogens is 244 g/mol. The summed E-state index contributed by atoms with van der Waals surface area (Å²) in [4.78, 5) is 14.8. The number of rotatable bonds is 2. The van der Waals surface area contributed by atoms with E-state index in [0.717, 1.165) is 10.9 Å². The van der Waals surface area contributed by atoms with Crippen LogP contribution in [0.15, 0.2) is 42.7 Å². The summed E-state index contributed by atoms with van der Waals surface area (Å²) in [5.74, 6) is -0.486. The highest BCUT2D eigenvalue weighted by molar-refractivity contribution is 5.89. The summed E-state index contributed by atoms with van der Waals surface area (Å²) < 4.78 is 1.57. The first-order valence-corrected chi connectivity index (χ1v) is 5.59. The van der Waals surface area contributed by atoms with Gasteiger partial charge in [-0.3, -0.25) is 4.98 Å². The van der Waals surface area contributed by atoms with E-state index >= 15 is 0 Å². The summed E-state index contributed by atoms with van der Waals surface area (Å²) >= 11 is 0. The topological polar surface area (TPSA) is 94.0 Å². The molecule has 0 aliphatic heterocycles. The number of aromatic carboxylic acids is 1. The van der Waals surface area contributed by atoms with Crippen molar-refractivity contribution in [1.29, 1.82) is 0 Å². The Balaban J connectivity index is 2.13. The van der Waals surface area contributed by atoms with Gasteiger partial charge in [0.2, 0.25) is 0 Å². The van der Waals surface area contributed by atoms with Crippen molar-refractivity contribution < 1.29 is 9.90 Å². The zero-order chi connectivity index (χ0) is 13.4. The number of carboxylic acid groups (broad SMARTS) is 1. The number of benzene rings is 1. The van der Waals surface area contributed by atoms with E-state index < -0.39 is 5.97 Å². The Hall–Kier alpha value is -2.89. The van der Waals surface area contributed by atoms with E-state index in [0.29, 0.717) is 11.5 Å². The lowest BCUT2D eigenvalue weighted by Gasteiger charge is -2.04. The standard InChI is InChI=1S/C13H10N4O2/c14-12-10-7-15-6-5-11(10)16-17(12)9-3-1-8(2-4-9)13(18)19/h1-7H,14H2,(H,18,19). The molecule has 0 saturated carbocycles. The van der Waals surface area contributed by atoms with Crippen LogP contribution in [0.5, 0.6) is 0 Å². The smallest absolute Gasteiger partial charge is 0.335 e. The van der Waals surface area contributed by atoms with Crippen LogP contribution in [0.1, 0.15) is 10.4 Å².